The third-order valence-corrected chi connectivity index (χ3v) is 4.84. The van der Waals surface area contributed by atoms with Gasteiger partial charge in [-0.2, -0.15) is 5.10 Å². The third-order valence-electron chi connectivity index (χ3n) is 4.84. The number of methoxy groups -OCH3 is 1. The predicted octanol–water partition coefficient (Wildman–Crippen LogP) is 3.39. The zero-order valence-corrected chi connectivity index (χ0v) is 20.2. The van der Waals surface area contributed by atoms with Crippen LogP contribution in [0.2, 0.25) is 0 Å². The average Bonchev–Trinajstić information content (AvgIpc) is 2.90. The van der Waals surface area contributed by atoms with Gasteiger partial charge in [0.25, 0.3) is 0 Å². The lowest BCUT2D eigenvalue weighted by Gasteiger charge is -2.18. The normalized spacial score (nSPS) is 12.3. The van der Waals surface area contributed by atoms with E-state index in [4.69, 9.17) is 4.74 Å². The maximum Gasteiger partial charge on any atom is 0.191 e. The quantitative estimate of drug-likeness (QED) is 0.253. The van der Waals surface area contributed by atoms with Crippen molar-refractivity contribution in [2.75, 3.05) is 20.7 Å². The maximum absolute atomic E-state index is 5.28. The van der Waals surface area contributed by atoms with Gasteiger partial charge < -0.3 is 15.4 Å². The molecule has 28 heavy (non-hydrogen) atoms. The second-order valence-electron chi connectivity index (χ2n) is 6.98. The van der Waals surface area contributed by atoms with Crippen LogP contribution in [0.3, 0.4) is 0 Å². The van der Waals surface area contributed by atoms with E-state index in [2.05, 4.69) is 53.6 Å². The summed E-state index contributed by atoms with van der Waals surface area (Å²) in [7, 11) is 5.50. The summed E-state index contributed by atoms with van der Waals surface area (Å²) in [6.45, 7) is 7.23. The standard InChI is InChI=1S/C21H33N5O.HI/c1-15(13-20-16(2)25-26(5)17(20)3)24-21(22-4)23-12-8-10-18-9-7-11-19(14-18)27-6;/h7,9,11,14-15H,8,10,12-13H2,1-6H3,(H2,22,23,24);1H. The van der Waals surface area contributed by atoms with E-state index >= 15 is 0 Å². The van der Waals surface area contributed by atoms with Gasteiger partial charge in [-0.25, -0.2) is 0 Å². The summed E-state index contributed by atoms with van der Waals surface area (Å²) in [6.07, 6.45) is 2.96. The van der Waals surface area contributed by atoms with Gasteiger partial charge in [-0.3, -0.25) is 9.67 Å². The molecule has 6 nitrogen and oxygen atoms in total. The Morgan fingerprint density at radius 1 is 1.32 bits per heavy atom. The van der Waals surface area contributed by atoms with Crippen molar-refractivity contribution in [3.63, 3.8) is 0 Å². The maximum atomic E-state index is 5.28. The van der Waals surface area contributed by atoms with Crippen molar-refractivity contribution < 1.29 is 4.74 Å². The number of aromatic nitrogens is 2. The number of guanidine groups is 1. The molecular weight excluding hydrogens is 465 g/mol. The zero-order valence-electron chi connectivity index (χ0n) is 17.9. The first-order chi connectivity index (χ1) is 12.9. The molecule has 0 aliphatic rings. The van der Waals surface area contributed by atoms with Crippen LogP contribution in [0.15, 0.2) is 29.3 Å². The minimum Gasteiger partial charge on any atom is -0.497 e. The highest BCUT2D eigenvalue weighted by Gasteiger charge is 2.13. The molecule has 2 aromatic rings. The van der Waals surface area contributed by atoms with E-state index in [0.29, 0.717) is 0 Å². The summed E-state index contributed by atoms with van der Waals surface area (Å²) >= 11 is 0. The van der Waals surface area contributed by atoms with Gasteiger partial charge in [0.15, 0.2) is 5.96 Å². The minimum absolute atomic E-state index is 0. The summed E-state index contributed by atoms with van der Waals surface area (Å²) in [4.78, 5) is 4.35. The summed E-state index contributed by atoms with van der Waals surface area (Å²) in [5, 5.41) is 11.4. The van der Waals surface area contributed by atoms with E-state index in [0.717, 1.165) is 43.2 Å². The molecule has 1 unspecified atom stereocenters. The minimum atomic E-state index is 0. The molecule has 0 fully saturated rings. The Bertz CT molecular complexity index is 772. The highest BCUT2D eigenvalue weighted by atomic mass is 127. The molecule has 156 valence electrons. The molecule has 2 N–H and O–H groups in total. The Balaban J connectivity index is 0.00000392. The summed E-state index contributed by atoms with van der Waals surface area (Å²) in [5.74, 6) is 1.75. The van der Waals surface area contributed by atoms with E-state index in [1.54, 1.807) is 7.11 Å². The van der Waals surface area contributed by atoms with Gasteiger partial charge >= 0.3 is 0 Å². The monoisotopic (exact) mass is 499 g/mol. The smallest absolute Gasteiger partial charge is 0.191 e. The number of halogens is 1. The molecule has 1 aromatic heterocycles. The van der Waals surface area contributed by atoms with Crippen molar-refractivity contribution in [3.8, 4) is 5.75 Å². The fourth-order valence-electron chi connectivity index (χ4n) is 3.23. The van der Waals surface area contributed by atoms with E-state index in [1.165, 1.54) is 16.8 Å². The van der Waals surface area contributed by atoms with Gasteiger partial charge in [0.1, 0.15) is 5.75 Å². The first kappa shape index (κ1) is 24.3. The Labute approximate surface area is 186 Å². The van der Waals surface area contributed by atoms with E-state index in [9.17, 15) is 0 Å². The molecule has 0 bridgehead atoms. The molecule has 1 heterocycles. The molecule has 0 radical (unpaired) electrons. The molecule has 0 amide bonds. The summed E-state index contributed by atoms with van der Waals surface area (Å²) in [6, 6.07) is 8.51. The second-order valence-corrected chi connectivity index (χ2v) is 6.98. The highest BCUT2D eigenvalue weighted by Crippen LogP contribution is 2.14. The lowest BCUT2D eigenvalue weighted by Crippen LogP contribution is -2.43. The van der Waals surface area contributed by atoms with Crippen LogP contribution in [0, 0.1) is 13.8 Å². The molecule has 2 rings (SSSR count). The van der Waals surface area contributed by atoms with Crippen molar-refractivity contribution in [3.05, 3.63) is 46.8 Å². The van der Waals surface area contributed by atoms with Crippen molar-refractivity contribution in [2.45, 2.75) is 46.1 Å². The first-order valence-corrected chi connectivity index (χ1v) is 9.53. The first-order valence-electron chi connectivity index (χ1n) is 9.53. The van der Waals surface area contributed by atoms with Crippen molar-refractivity contribution in [1.29, 1.82) is 0 Å². The number of benzene rings is 1. The predicted molar refractivity (Wildman–Crippen MR) is 127 cm³/mol. The molecule has 0 spiro atoms. The fourth-order valence-corrected chi connectivity index (χ4v) is 3.23. The SMILES string of the molecule is CN=C(NCCCc1cccc(OC)c1)NC(C)Cc1c(C)nn(C)c1C.I. The number of rotatable bonds is 8. The zero-order chi connectivity index (χ0) is 19.8. The third kappa shape index (κ3) is 7.00. The van der Waals surface area contributed by atoms with Gasteiger partial charge in [0, 0.05) is 32.4 Å². The number of hydrogen-bond acceptors (Lipinski definition) is 3. The van der Waals surface area contributed by atoms with E-state index in [-0.39, 0.29) is 30.0 Å². The number of aliphatic imine (C=N–C) groups is 1. The van der Waals surface area contributed by atoms with E-state index in [1.807, 2.05) is 30.9 Å². The molecule has 0 saturated heterocycles. The van der Waals surface area contributed by atoms with Crippen molar-refractivity contribution in [2.24, 2.45) is 12.0 Å². The molecule has 7 heteroatoms. The van der Waals surface area contributed by atoms with Crippen LogP contribution in [-0.4, -0.2) is 42.5 Å². The Kier molecular flexibility index (Phi) is 10.3. The number of hydrogen-bond donors (Lipinski definition) is 2. The van der Waals surface area contributed by atoms with Crippen LogP contribution in [0.25, 0.3) is 0 Å². The fraction of sp³-hybridized carbons (Fsp3) is 0.524. The van der Waals surface area contributed by atoms with Crippen LogP contribution in [0.1, 0.15) is 35.9 Å². The Hall–Kier alpha value is -1.77. The Morgan fingerprint density at radius 2 is 2.07 bits per heavy atom. The van der Waals surface area contributed by atoms with E-state index < -0.39 is 0 Å². The van der Waals surface area contributed by atoms with Gasteiger partial charge in [-0.15, -0.1) is 24.0 Å². The number of nitrogens with zero attached hydrogens (tertiary/aromatic N) is 3. The molecule has 1 atom stereocenters. The van der Waals surface area contributed by atoms with Gasteiger partial charge in [-0.1, -0.05) is 12.1 Å². The van der Waals surface area contributed by atoms with Crippen LogP contribution in [0.5, 0.6) is 5.75 Å². The van der Waals surface area contributed by atoms with Gasteiger partial charge in [0.2, 0.25) is 0 Å². The highest BCUT2D eigenvalue weighted by molar-refractivity contribution is 14.0. The molecule has 0 saturated carbocycles. The largest absolute Gasteiger partial charge is 0.497 e. The van der Waals surface area contributed by atoms with Crippen LogP contribution >= 0.6 is 24.0 Å². The summed E-state index contributed by atoms with van der Waals surface area (Å²) in [5.41, 5.74) is 4.92. The lowest BCUT2D eigenvalue weighted by molar-refractivity contribution is 0.414. The lowest BCUT2D eigenvalue weighted by atomic mass is 10.1. The van der Waals surface area contributed by atoms with Crippen molar-refractivity contribution in [1.82, 2.24) is 20.4 Å². The van der Waals surface area contributed by atoms with Crippen LogP contribution < -0.4 is 15.4 Å². The van der Waals surface area contributed by atoms with Crippen LogP contribution in [-0.2, 0) is 19.9 Å². The number of aryl methyl sites for hydroxylation is 3. The number of ether oxygens (including phenoxy) is 1. The molecular formula is C21H34IN5O. The average molecular weight is 499 g/mol. The molecule has 1 aromatic carbocycles. The molecule has 0 aliphatic carbocycles. The number of nitrogens with one attached hydrogen (secondary N) is 2. The van der Waals surface area contributed by atoms with Gasteiger partial charge in [0.05, 0.1) is 12.8 Å². The van der Waals surface area contributed by atoms with Crippen LogP contribution in [0.4, 0.5) is 0 Å². The second kappa shape index (κ2) is 11.9. The topological polar surface area (TPSA) is 63.5 Å². The van der Waals surface area contributed by atoms with Crippen molar-refractivity contribution >= 4 is 29.9 Å². The molecule has 0 aliphatic heterocycles. The Morgan fingerprint density at radius 3 is 2.68 bits per heavy atom. The van der Waals surface area contributed by atoms with Gasteiger partial charge in [-0.05, 0) is 63.3 Å². The summed E-state index contributed by atoms with van der Waals surface area (Å²) < 4.78 is 7.22.